The van der Waals surface area contributed by atoms with E-state index in [1.807, 2.05) is 20.0 Å². The molecule has 3 fully saturated rings. The first-order valence-electron chi connectivity index (χ1n) is 14.9. The third kappa shape index (κ3) is 4.21. The lowest BCUT2D eigenvalue weighted by Gasteiger charge is -2.46. The molecule has 6 aliphatic rings. The maximum Gasteiger partial charge on any atom is 0.144 e. The molecule has 7 rings (SSSR count). The van der Waals surface area contributed by atoms with Crippen LogP contribution in [-0.2, 0) is 0 Å². The van der Waals surface area contributed by atoms with E-state index in [9.17, 15) is 0 Å². The molecule has 4 atom stereocenters. The van der Waals surface area contributed by atoms with Gasteiger partial charge in [-0.05, 0) is 62.1 Å². The maximum absolute atomic E-state index is 6.02. The van der Waals surface area contributed by atoms with Gasteiger partial charge in [0.05, 0.1) is 37.1 Å². The summed E-state index contributed by atoms with van der Waals surface area (Å²) in [6.45, 7) is 10.8. The molecule has 1 saturated heterocycles. The molecule has 1 aromatic heterocycles. The van der Waals surface area contributed by atoms with E-state index >= 15 is 0 Å². The molecule has 200 valence electrons. The number of unbranched alkanes of at least 4 members (excludes halogenated alkanes) is 1. The van der Waals surface area contributed by atoms with Crippen LogP contribution in [0.4, 0.5) is 5.69 Å². The number of nitrogens with zero attached hydrogens (tertiary/aromatic N) is 3. The topological polar surface area (TPSA) is 52.7 Å². The van der Waals surface area contributed by atoms with E-state index in [2.05, 4.69) is 51.7 Å². The Hall–Kier alpha value is -2.31. The number of fused-ring (bicyclic) bond motifs is 3. The van der Waals surface area contributed by atoms with Gasteiger partial charge in [0.15, 0.2) is 0 Å². The van der Waals surface area contributed by atoms with Gasteiger partial charge in [-0.25, -0.2) is 0 Å². The zero-order chi connectivity index (χ0) is 25.6. The van der Waals surface area contributed by atoms with Gasteiger partial charge in [0.2, 0.25) is 0 Å². The molecular weight excluding hydrogens is 458 g/mol. The first-order chi connectivity index (χ1) is 18.2. The Morgan fingerprint density at radius 3 is 2.84 bits per heavy atom. The van der Waals surface area contributed by atoms with Crippen LogP contribution in [0.1, 0.15) is 77.5 Å². The van der Waals surface area contributed by atoms with Crippen LogP contribution >= 0.6 is 0 Å². The van der Waals surface area contributed by atoms with Crippen molar-refractivity contribution < 1.29 is 4.74 Å². The number of allylic oxidation sites excluding steroid dienone is 2. The Morgan fingerprint density at radius 1 is 1.27 bits per heavy atom. The van der Waals surface area contributed by atoms with Gasteiger partial charge in [0.1, 0.15) is 11.4 Å². The molecule has 3 aliphatic carbocycles. The molecule has 3 aliphatic heterocycles. The monoisotopic (exact) mass is 503 g/mol. The van der Waals surface area contributed by atoms with Crippen molar-refractivity contribution in [2.24, 2.45) is 5.92 Å². The Labute approximate surface area is 223 Å². The third-order valence-electron chi connectivity index (χ3n) is 9.56. The van der Waals surface area contributed by atoms with Crippen molar-refractivity contribution in [3.8, 4) is 5.75 Å². The summed E-state index contributed by atoms with van der Waals surface area (Å²) < 4.78 is 6.02. The van der Waals surface area contributed by atoms with Gasteiger partial charge < -0.3 is 15.4 Å². The van der Waals surface area contributed by atoms with Crippen LogP contribution in [0.5, 0.6) is 5.75 Å². The van der Waals surface area contributed by atoms with Crippen molar-refractivity contribution in [2.45, 2.75) is 89.4 Å². The molecule has 37 heavy (non-hydrogen) atoms. The van der Waals surface area contributed by atoms with Crippen LogP contribution < -0.4 is 15.4 Å². The first-order valence-corrected chi connectivity index (χ1v) is 14.9. The summed E-state index contributed by atoms with van der Waals surface area (Å²) in [4.78, 5) is 10.5. The normalized spacial score (nSPS) is 32.0. The number of aromatic nitrogens is 1. The number of pyridine rings is 1. The van der Waals surface area contributed by atoms with Crippen LogP contribution in [0.3, 0.4) is 0 Å². The largest absolute Gasteiger partial charge is 0.495 e. The molecule has 0 aromatic carbocycles. The number of methoxy groups -OCH3 is 1. The fourth-order valence-corrected chi connectivity index (χ4v) is 7.42. The highest BCUT2D eigenvalue weighted by atomic mass is 16.5. The van der Waals surface area contributed by atoms with Crippen molar-refractivity contribution in [3.05, 3.63) is 53.0 Å². The summed E-state index contributed by atoms with van der Waals surface area (Å²) in [5, 5.41) is 7.66. The van der Waals surface area contributed by atoms with Crippen molar-refractivity contribution >= 4 is 5.69 Å². The predicted molar refractivity (Wildman–Crippen MR) is 151 cm³/mol. The van der Waals surface area contributed by atoms with Gasteiger partial charge in [-0.1, -0.05) is 45.4 Å². The number of ether oxygens (including phenoxy) is 1. The van der Waals surface area contributed by atoms with Crippen molar-refractivity contribution in [2.75, 3.05) is 38.6 Å². The van der Waals surface area contributed by atoms with Crippen molar-refractivity contribution in [1.82, 2.24) is 20.1 Å². The van der Waals surface area contributed by atoms with Crippen LogP contribution in [0.2, 0.25) is 0 Å². The van der Waals surface area contributed by atoms with Gasteiger partial charge in [-0.3, -0.25) is 14.8 Å². The summed E-state index contributed by atoms with van der Waals surface area (Å²) in [5.41, 5.74) is 6.98. The Morgan fingerprint density at radius 2 is 2.14 bits per heavy atom. The second kappa shape index (κ2) is 10.1. The number of nitrogens with one attached hydrogen (secondary N) is 2. The smallest absolute Gasteiger partial charge is 0.144 e. The summed E-state index contributed by atoms with van der Waals surface area (Å²) >= 11 is 0. The zero-order valence-electron chi connectivity index (χ0n) is 23.2. The Bertz CT molecular complexity index is 1100. The quantitative estimate of drug-likeness (QED) is 0.494. The zero-order valence-corrected chi connectivity index (χ0v) is 23.2. The molecule has 4 unspecified atom stereocenters. The van der Waals surface area contributed by atoms with Gasteiger partial charge in [-0.2, -0.15) is 0 Å². The minimum absolute atomic E-state index is 0.160. The molecular formula is C31H45N5O. The molecule has 1 aromatic rings. The van der Waals surface area contributed by atoms with Crippen LogP contribution in [0.15, 0.2) is 47.3 Å². The highest BCUT2D eigenvalue weighted by Gasteiger charge is 2.66. The lowest BCUT2D eigenvalue weighted by Crippen LogP contribution is -2.54. The lowest BCUT2D eigenvalue weighted by atomic mass is 9.84. The van der Waals surface area contributed by atoms with E-state index in [0.717, 1.165) is 55.5 Å². The van der Waals surface area contributed by atoms with E-state index in [-0.39, 0.29) is 6.04 Å². The number of anilines is 1. The SMILES string of the molecule is CC.CCCCN1CC(Nc2cnc(C3C4=C(CCN3C35CCC3C5)C3=CC=CCC3N4)c(OC)c2)C1. The second-order valence-corrected chi connectivity index (χ2v) is 11.5. The second-order valence-electron chi connectivity index (χ2n) is 11.5. The van der Waals surface area contributed by atoms with Crippen LogP contribution in [0.25, 0.3) is 0 Å². The first kappa shape index (κ1) is 25.0. The molecule has 4 heterocycles. The molecule has 0 radical (unpaired) electrons. The summed E-state index contributed by atoms with van der Waals surface area (Å²) in [7, 11) is 1.80. The predicted octanol–water partition coefficient (Wildman–Crippen LogP) is 5.42. The van der Waals surface area contributed by atoms with Gasteiger partial charge >= 0.3 is 0 Å². The van der Waals surface area contributed by atoms with E-state index < -0.39 is 0 Å². The fourth-order valence-electron chi connectivity index (χ4n) is 7.42. The lowest BCUT2D eigenvalue weighted by molar-refractivity contribution is 0.0644. The van der Waals surface area contributed by atoms with Gasteiger partial charge in [-0.15, -0.1) is 0 Å². The standard InChI is InChI=1S/C29H39N5O.C2H6/c1-3-4-12-33-17-21(18-33)31-20-14-25(35-2)27(30-16-20)28-26-23(22-7-5-6-8-24(22)32-26)10-13-34(28)29-11-9-19(29)15-29;1-2/h5-7,14,16,19,21,24,28,31-32H,3-4,8-13,15,17-18H2,1-2H3;1-2H3. The van der Waals surface area contributed by atoms with Gasteiger partial charge in [0, 0.05) is 36.9 Å². The highest BCUT2D eigenvalue weighted by Crippen LogP contribution is 2.66. The van der Waals surface area contributed by atoms with Gasteiger partial charge in [0.25, 0.3) is 0 Å². The molecule has 0 bridgehead atoms. The molecule has 2 N–H and O–H groups in total. The molecule has 6 heteroatoms. The number of likely N-dealkylation sites (tertiary alicyclic amines) is 1. The number of rotatable bonds is 8. The van der Waals surface area contributed by atoms with E-state index in [1.54, 1.807) is 7.11 Å². The minimum Gasteiger partial charge on any atom is -0.495 e. The Kier molecular flexibility index (Phi) is 6.83. The van der Waals surface area contributed by atoms with Crippen molar-refractivity contribution in [3.63, 3.8) is 0 Å². The molecule has 2 saturated carbocycles. The van der Waals surface area contributed by atoms with Crippen LogP contribution in [0, 0.1) is 5.92 Å². The average molecular weight is 504 g/mol. The number of hydrogen-bond donors (Lipinski definition) is 2. The highest BCUT2D eigenvalue weighted by molar-refractivity contribution is 5.56. The Balaban J connectivity index is 0.00000123. The summed E-state index contributed by atoms with van der Waals surface area (Å²) in [5.74, 6) is 1.80. The van der Waals surface area contributed by atoms with E-state index in [1.165, 1.54) is 55.5 Å². The van der Waals surface area contributed by atoms with E-state index in [0.29, 0.717) is 17.6 Å². The average Bonchev–Trinajstić information content (AvgIpc) is 3.26. The third-order valence-corrected chi connectivity index (χ3v) is 9.56. The minimum atomic E-state index is 0.160. The molecule has 0 spiro atoms. The summed E-state index contributed by atoms with van der Waals surface area (Å²) in [6, 6.07) is 3.27. The molecule has 0 amide bonds. The number of hydrogen-bond acceptors (Lipinski definition) is 6. The van der Waals surface area contributed by atoms with Crippen molar-refractivity contribution in [1.29, 1.82) is 0 Å². The summed E-state index contributed by atoms with van der Waals surface area (Å²) in [6.07, 6.45) is 17.8. The molecule has 6 nitrogen and oxygen atoms in total. The maximum atomic E-state index is 6.02. The van der Waals surface area contributed by atoms with E-state index in [4.69, 9.17) is 9.72 Å². The fraction of sp³-hybridized carbons (Fsp3) is 0.645. The van der Waals surface area contributed by atoms with Crippen LogP contribution in [-0.4, -0.2) is 65.7 Å².